The summed E-state index contributed by atoms with van der Waals surface area (Å²) in [7, 11) is 0. The van der Waals surface area contributed by atoms with Crippen LogP contribution in [0, 0.1) is 11.8 Å². The van der Waals surface area contributed by atoms with Crippen molar-refractivity contribution in [3.05, 3.63) is 35.4 Å². The van der Waals surface area contributed by atoms with E-state index in [1.807, 2.05) is 27.7 Å². The van der Waals surface area contributed by atoms with Crippen molar-refractivity contribution in [2.45, 2.75) is 39.8 Å². The molecule has 0 fully saturated rings. The van der Waals surface area contributed by atoms with Crippen molar-refractivity contribution in [3.8, 4) is 0 Å². The van der Waals surface area contributed by atoms with Gasteiger partial charge in [0.25, 0.3) is 11.8 Å². The van der Waals surface area contributed by atoms with Gasteiger partial charge in [-0.05, 0) is 30.0 Å². The first-order valence-electron chi connectivity index (χ1n) is 8.23. The molecule has 0 aromatic heterocycles. The molecule has 0 saturated carbocycles. The van der Waals surface area contributed by atoms with Gasteiger partial charge in [-0.25, -0.2) is 0 Å². The van der Waals surface area contributed by atoms with Crippen molar-refractivity contribution in [3.63, 3.8) is 0 Å². The summed E-state index contributed by atoms with van der Waals surface area (Å²) in [5.41, 5.74) is 0.707. The van der Waals surface area contributed by atoms with Crippen LogP contribution in [0.4, 0.5) is 0 Å². The van der Waals surface area contributed by atoms with Crippen molar-refractivity contribution in [1.82, 2.24) is 10.6 Å². The van der Waals surface area contributed by atoms with Crippen LogP contribution in [0.25, 0.3) is 0 Å². The van der Waals surface area contributed by atoms with E-state index in [-0.39, 0.29) is 48.9 Å². The van der Waals surface area contributed by atoms with Gasteiger partial charge in [0.1, 0.15) is 0 Å². The van der Waals surface area contributed by atoms with Gasteiger partial charge in [0.05, 0.1) is 25.3 Å². The number of amides is 2. The zero-order chi connectivity index (χ0) is 18.3. The highest BCUT2D eigenvalue weighted by Crippen LogP contribution is 2.09. The number of carbonyl (C=O) groups is 2. The first-order chi connectivity index (χ1) is 11.3. The number of carbonyl (C=O) groups excluding carboxylic acids is 2. The summed E-state index contributed by atoms with van der Waals surface area (Å²) < 4.78 is 0. The number of nitrogens with one attached hydrogen (secondary N) is 2. The molecule has 2 amide bonds. The van der Waals surface area contributed by atoms with Crippen LogP contribution in [0.1, 0.15) is 48.4 Å². The number of benzene rings is 1. The van der Waals surface area contributed by atoms with Crippen LogP contribution in [0.5, 0.6) is 0 Å². The smallest absolute Gasteiger partial charge is 0.251 e. The molecule has 24 heavy (non-hydrogen) atoms. The third-order valence-corrected chi connectivity index (χ3v) is 4.02. The number of aliphatic hydroxyl groups is 2. The summed E-state index contributed by atoms with van der Waals surface area (Å²) in [4.78, 5) is 24.6. The van der Waals surface area contributed by atoms with Crippen molar-refractivity contribution < 1.29 is 19.8 Å². The Morgan fingerprint density at radius 2 is 1.25 bits per heavy atom. The molecular weight excluding hydrogens is 308 g/mol. The van der Waals surface area contributed by atoms with E-state index in [0.717, 1.165) is 0 Å². The van der Waals surface area contributed by atoms with E-state index in [0.29, 0.717) is 11.1 Å². The minimum Gasteiger partial charge on any atom is -0.394 e. The maximum atomic E-state index is 12.3. The van der Waals surface area contributed by atoms with Crippen LogP contribution in [-0.2, 0) is 0 Å². The molecule has 0 spiro atoms. The van der Waals surface area contributed by atoms with Crippen LogP contribution in [0.15, 0.2) is 24.3 Å². The first-order valence-corrected chi connectivity index (χ1v) is 8.23. The molecule has 1 aromatic carbocycles. The maximum Gasteiger partial charge on any atom is 0.251 e. The van der Waals surface area contributed by atoms with Crippen LogP contribution >= 0.6 is 0 Å². The van der Waals surface area contributed by atoms with Gasteiger partial charge in [-0.2, -0.15) is 0 Å². The molecule has 0 unspecified atom stereocenters. The van der Waals surface area contributed by atoms with Gasteiger partial charge in [-0.1, -0.05) is 33.8 Å². The fourth-order valence-electron chi connectivity index (χ4n) is 2.15. The van der Waals surface area contributed by atoms with Crippen molar-refractivity contribution in [2.24, 2.45) is 11.8 Å². The third-order valence-electron chi connectivity index (χ3n) is 4.02. The average Bonchev–Trinajstić information content (AvgIpc) is 2.56. The second-order valence-corrected chi connectivity index (χ2v) is 6.59. The first kappa shape index (κ1) is 20.1. The standard InChI is InChI=1S/C18H28N2O4/c1-11(2)15(9-21)19-17(23)13-6-5-7-14(8-13)18(24)20-16(10-22)12(3)4/h5-8,11-12,15-16,21-22H,9-10H2,1-4H3,(H,19,23)(H,20,24)/t15-,16-/m1/s1. The van der Waals surface area contributed by atoms with E-state index in [2.05, 4.69) is 10.6 Å². The van der Waals surface area contributed by atoms with E-state index in [1.54, 1.807) is 18.2 Å². The van der Waals surface area contributed by atoms with Gasteiger partial charge in [-0.3, -0.25) is 9.59 Å². The Bertz CT molecular complexity index is 512. The quantitative estimate of drug-likeness (QED) is 0.573. The largest absolute Gasteiger partial charge is 0.394 e. The van der Waals surface area contributed by atoms with Crippen LogP contribution in [-0.4, -0.2) is 47.3 Å². The van der Waals surface area contributed by atoms with Gasteiger partial charge in [0, 0.05) is 11.1 Å². The fraction of sp³-hybridized carbons (Fsp3) is 0.556. The minimum absolute atomic E-state index is 0.0989. The van der Waals surface area contributed by atoms with Gasteiger partial charge in [-0.15, -0.1) is 0 Å². The Hall–Kier alpha value is -1.92. The Labute approximate surface area is 143 Å². The van der Waals surface area contributed by atoms with Crippen molar-refractivity contribution in [1.29, 1.82) is 0 Å². The Kier molecular flexibility index (Phi) is 7.88. The van der Waals surface area contributed by atoms with E-state index >= 15 is 0 Å². The summed E-state index contributed by atoms with van der Waals surface area (Å²) in [5.74, 6) is -0.469. The molecule has 0 aliphatic rings. The van der Waals surface area contributed by atoms with Crippen LogP contribution in [0.3, 0.4) is 0 Å². The number of rotatable bonds is 8. The highest BCUT2D eigenvalue weighted by molar-refractivity contribution is 5.99. The molecule has 0 bridgehead atoms. The molecule has 0 aliphatic carbocycles. The lowest BCUT2D eigenvalue weighted by atomic mass is 10.0. The van der Waals surface area contributed by atoms with Gasteiger partial charge < -0.3 is 20.8 Å². The summed E-state index contributed by atoms with van der Waals surface area (Å²) in [5, 5.41) is 24.1. The van der Waals surface area contributed by atoms with E-state index in [1.165, 1.54) is 6.07 Å². The minimum atomic E-state index is -0.338. The molecule has 1 rings (SSSR count). The zero-order valence-electron chi connectivity index (χ0n) is 14.7. The molecule has 6 nitrogen and oxygen atoms in total. The lowest BCUT2D eigenvalue weighted by Gasteiger charge is -2.21. The molecule has 1 aromatic rings. The summed E-state index contributed by atoms with van der Waals surface area (Å²) in [6.45, 7) is 7.35. The van der Waals surface area contributed by atoms with E-state index in [4.69, 9.17) is 0 Å². The Morgan fingerprint density at radius 3 is 1.54 bits per heavy atom. The molecule has 0 radical (unpaired) electrons. The Balaban J connectivity index is 2.86. The molecule has 2 atom stereocenters. The van der Waals surface area contributed by atoms with Gasteiger partial charge in [0.15, 0.2) is 0 Å². The van der Waals surface area contributed by atoms with Crippen LogP contribution in [0.2, 0.25) is 0 Å². The zero-order valence-corrected chi connectivity index (χ0v) is 14.7. The molecule has 0 saturated heterocycles. The third kappa shape index (κ3) is 5.62. The number of hydrogen-bond acceptors (Lipinski definition) is 4. The second kappa shape index (κ2) is 9.39. The summed E-state index contributed by atoms with van der Waals surface area (Å²) >= 11 is 0. The predicted molar refractivity (Wildman–Crippen MR) is 92.8 cm³/mol. The monoisotopic (exact) mass is 336 g/mol. The van der Waals surface area contributed by atoms with Crippen molar-refractivity contribution in [2.75, 3.05) is 13.2 Å². The molecule has 134 valence electrons. The average molecular weight is 336 g/mol. The molecule has 6 heteroatoms. The van der Waals surface area contributed by atoms with Gasteiger partial charge >= 0.3 is 0 Å². The number of hydrogen-bond donors (Lipinski definition) is 4. The SMILES string of the molecule is CC(C)[C@@H](CO)NC(=O)c1cccc(C(=O)N[C@H](CO)C(C)C)c1. The highest BCUT2D eigenvalue weighted by Gasteiger charge is 2.19. The Morgan fingerprint density at radius 1 is 0.875 bits per heavy atom. The predicted octanol–water partition coefficient (Wildman–Crippen LogP) is 1.18. The highest BCUT2D eigenvalue weighted by atomic mass is 16.3. The van der Waals surface area contributed by atoms with Gasteiger partial charge in [0.2, 0.25) is 0 Å². The van der Waals surface area contributed by atoms with E-state index in [9.17, 15) is 19.8 Å². The molecule has 4 N–H and O–H groups in total. The topological polar surface area (TPSA) is 98.7 Å². The lowest BCUT2D eigenvalue weighted by molar-refractivity contribution is 0.0895. The molecule has 0 aliphatic heterocycles. The molecule has 0 heterocycles. The summed E-state index contributed by atoms with van der Waals surface area (Å²) in [6.07, 6.45) is 0. The van der Waals surface area contributed by atoms with Crippen LogP contribution < -0.4 is 10.6 Å². The maximum absolute atomic E-state index is 12.3. The van der Waals surface area contributed by atoms with Crippen molar-refractivity contribution >= 4 is 11.8 Å². The van der Waals surface area contributed by atoms with E-state index < -0.39 is 0 Å². The lowest BCUT2D eigenvalue weighted by Crippen LogP contribution is -2.42. The second-order valence-electron chi connectivity index (χ2n) is 6.59. The fourth-order valence-corrected chi connectivity index (χ4v) is 2.15. The molecular formula is C18H28N2O4. The number of aliphatic hydroxyl groups excluding tert-OH is 2. The normalized spacial score (nSPS) is 13.7. The summed E-state index contributed by atoms with van der Waals surface area (Å²) in [6, 6.07) is 5.70.